The van der Waals surface area contributed by atoms with Crippen LogP contribution in [-0.4, -0.2) is 65.5 Å². The number of nitrogens with zero attached hydrogens (tertiary/aromatic N) is 6. The lowest BCUT2D eigenvalue weighted by Crippen LogP contribution is -2.45. The van der Waals surface area contributed by atoms with E-state index in [1.165, 1.54) is 11.8 Å². The molecule has 0 atom stereocenters. The van der Waals surface area contributed by atoms with Gasteiger partial charge in [0.25, 0.3) is 0 Å². The van der Waals surface area contributed by atoms with E-state index in [0.717, 1.165) is 42.4 Å². The van der Waals surface area contributed by atoms with Gasteiger partial charge in [0.15, 0.2) is 5.16 Å². The molecule has 1 aromatic carbocycles. The zero-order valence-corrected chi connectivity index (χ0v) is 18.5. The summed E-state index contributed by atoms with van der Waals surface area (Å²) >= 11 is 1.46. The highest BCUT2D eigenvalue weighted by Gasteiger charge is 2.20. The SMILES string of the molecule is CN1CCN(c2nc(NC3=NCC(c4ccco4)=C3)nc(Sc3cccc(N)c3)n2)CC1. The fourth-order valence-electron chi connectivity index (χ4n) is 3.51. The van der Waals surface area contributed by atoms with Crippen molar-refractivity contribution in [2.24, 2.45) is 4.99 Å². The predicted molar refractivity (Wildman–Crippen MR) is 127 cm³/mol. The molecule has 0 radical (unpaired) electrons. The number of likely N-dealkylation sites (N-methyl/N-ethyl adjacent to an activating group) is 1. The van der Waals surface area contributed by atoms with Gasteiger partial charge in [-0.05, 0) is 55.2 Å². The average Bonchev–Trinajstić information content (AvgIpc) is 3.46. The molecule has 1 fully saturated rings. The standard InChI is InChI=1S/C22H24N8OS/c1-29-7-9-30(10-8-29)21-26-20(25-19-12-15(14-24-19)18-6-3-11-31-18)27-22(28-21)32-17-5-2-4-16(23)13-17/h2-6,11-13H,7-10,14,23H2,1H3,(H,24,25,26,27,28). The number of aromatic nitrogens is 3. The molecule has 1 saturated heterocycles. The van der Waals surface area contributed by atoms with Crippen LogP contribution in [0.3, 0.4) is 0 Å². The van der Waals surface area contributed by atoms with Gasteiger partial charge in [-0.25, -0.2) is 0 Å². The maximum atomic E-state index is 5.94. The van der Waals surface area contributed by atoms with Crippen molar-refractivity contribution in [1.82, 2.24) is 19.9 Å². The van der Waals surface area contributed by atoms with Crippen LogP contribution in [-0.2, 0) is 0 Å². The topological polar surface area (TPSA) is 109 Å². The van der Waals surface area contributed by atoms with Gasteiger partial charge in [0.1, 0.15) is 11.6 Å². The molecule has 2 aliphatic heterocycles. The number of nitrogen functional groups attached to an aromatic ring is 1. The van der Waals surface area contributed by atoms with E-state index in [9.17, 15) is 0 Å². The van der Waals surface area contributed by atoms with E-state index in [1.807, 2.05) is 42.5 Å². The number of anilines is 3. The average molecular weight is 449 g/mol. The molecule has 164 valence electrons. The minimum atomic E-state index is 0.469. The van der Waals surface area contributed by atoms with Crippen LogP contribution in [0, 0.1) is 0 Å². The van der Waals surface area contributed by atoms with Crippen LogP contribution in [0.4, 0.5) is 17.6 Å². The van der Waals surface area contributed by atoms with E-state index < -0.39 is 0 Å². The lowest BCUT2D eigenvalue weighted by Gasteiger charge is -2.32. The molecule has 0 amide bonds. The fraction of sp³-hybridized carbons (Fsp3) is 0.273. The largest absolute Gasteiger partial charge is 0.465 e. The molecule has 2 aliphatic rings. The number of nitrogens with two attached hydrogens (primary N) is 1. The maximum absolute atomic E-state index is 5.94. The van der Waals surface area contributed by atoms with Crippen LogP contribution in [0.1, 0.15) is 5.76 Å². The summed E-state index contributed by atoms with van der Waals surface area (Å²) < 4.78 is 5.48. The fourth-order valence-corrected chi connectivity index (χ4v) is 4.32. The number of benzene rings is 1. The normalized spacial score (nSPS) is 16.7. The Balaban J connectivity index is 1.41. The Kier molecular flexibility index (Phi) is 5.78. The van der Waals surface area contributed by atoms with Crippen molar-refractivity contribution < 1.29 is 4.42 Å². The molecule has 5 rings (SSSR count). The van der Waals surface area contributed by atoms with Crippen LogP contribution in [0.25, 0.3) is 5.57 Å². The van der Waals surface area contributed by atoms with Gasteiger partial charge in [0.05, 0.1) is 12.8 Å². The molecule has 3 N–H and O–H groups in total. The smallest absolute Gasteiger partial charge is 0.234 e. The Morgan fingerprint density at radius 1 is 1.06 bits per heavy atom. The lowest BCUT2D eigenvalue weighted by atomic mass is 10.2. The molecule has 9 nitrogen and oxygen atoms in total. The number of amidine groups is 1. The molecule has 0 saturated carbocycles. The summed E-state index contributed by atoms with van der Waals surface area (Å²) in [5.41, 5.74) is 7.66. The highest BCUT2D eigenvalue weighted by Crippen LogP contribution is 2.28. The van der Waals surface area contributed by atoms with Gasteiger partial charge in [-0.15, -0.1) is 0 Å². The van der Waals surface area contributed by atoms with Crippen LogP contribution in [0.5, 0.6) is 0 Å². The number of nitrogens with one attached hydrogen (secondary N) is 1. The molecule has 0 unspecified atom stereocenters. The number of hydrogen-bond acceptors (Lipinski definition) is 10. The summed E-state index contributed by atoms with van der Waals surface area (Å²) in [5.74, 6) is 2.65. The van der Waals surface area contributed by atoms with Gasteiger partial charge in [-0.2, -0.15) is 15.0 Å². The quantitative estimate of drug-likeness (QED) is 0.570. The zero-order valence-electron chi connectivity index (χ0n) is 17.7. The number of rotatable bonds is 5. The minimum Gasteiger partial charge on any atom is -0.465 e. The van der Waals surface area contributed by atoms with Crippen molar-refractivity contribution in [2.45, 2.75) is 10.1 Å². The van der Waals surface area contributed by atoms with E-state index >= 15 is 0 Å². The summed E-state index contributed by atoms with van der Waals surface area (Å²) in [6.45, 7) is 4.22. The van der Waals surface area contributed by atoms with Crippen LogP contribution in [0.2, 0.25) is 0 Å². The molecular formula is C22H24N8OS. The first-order valence-electron chi connectivity index (χ1n) is 10.4. The number of aliphatic imine (C=N–C) groups is 1. The Morgan fingerprint density at radius 3 is 2.72 bits per heavy atom. The van der Waals surface area contributed by atoms with E-state index in [-0.39, 0.29) is 0 Å². The molecule has 10 heteroatoms. The van der Waals surface area contributed by atoms with Crippen molar-refractivity contribution in [3.05, 3.63) is 54.5 Å². The van der Waals surface area contributed by atoms with Crippen molar-refractivity contribution in [3.8, 4) is 0 Å². The second-order valence-electron chi connectivity index (χ2n) is 7.68. The number of furan rings is 1. The van der Waals surface area contributed by atoms with Crippen LogP contribution < -0.4 is 16.0 Å². The monoisotopic (exact) mass is 448 g/mol. The van der Waals surface area contributed by atoms with Crippen molar-refractivity contribution >= 4 is 40.8 Å². The van der Waals surface area contributed by atoms with Gasteiger partial charge in [0, 0.05) is 42.3 Å². The molecule has 32 heavy (non-hydrogen) atoms. The first-order valence-corrected chi connectivity index (χ1v) is 11.2. The van der Waals surface area contributed by atoms with E-state index in [1.54, 1.807) is 6.26 Å². The summed E-state index contributed by atoms with van der Waals surface area (Å²) in [6.07, 6.45) is 3.62. The molecule has 4 heterocycles. The van der Waals surface area contributed by atoms with Crippen molar-refractivity contribution in [3.63, 3.8) is 0 Å². The summed E-state index contributed by atoms with van der Waals surface area (Å²) in [7, 11) is 2.12. The van der Waals surface area contributed by atoms with E-state index in [0.29, 0.717) is 35.1 Å². The van der Waals surface area contributed by atoms with Crippen molar-refractivity contribution in [1.29, 1.82) is 0 Å². The van der Waals surface area contributed by atoms with Gasteiger partial charge in [0.2, 0.25) is 11.9 Å². The molecule has 3 aromatic rings. The van der Waals surface area contributed by atoms with Crippen LogP contribution in [0.15, 0.2) is 68.2 Å². The Hall–Kier alpha value is -3.37. The van der Waals surface area contributed by atoms with Gasteiger partial charge in [-0.1, -0.05) is 6.07 Å². The Labute approximate surface area is 190 Å². The van der Waals surface area contributed by atoms with Crippen LogP contribution >= 0.6 is 11.8 Å². The highest BCUT2D eigenvalue weighted by molar-refractivity contribution is 7.99. The summed E-state index contributed by atoms with van der Waals surface area (Å²) in [5, 5.41) is 3.86. The second kappa shape index (κ2) is 9.01. The first-order chi connectivity index (χ1) is 15.6. The number of hydrogen-bond donors (Lipinski definition) is 2. The third-order valence-corrected chi connectivity index (χ3v) is 6.12. The van der Waals surface area contributed by atoms with Gasteiger partial charge < -0.3 is 25.3 Å². The lowest BCUT2D eigenvalue weighted by molar-refractivity contribution is 0.311. The molecular weight excluding hydrogens is 424 g/mol. The molecule has 0 aliphatic carbocycles. The summed E-state index contributed by atoms with van der Waals surface area (Å²) in [6, 6.07) is 11.5. The summed E-state index contributed by atoms with van der Waals surface area (Å²) in [4.78, 5) is 24.1. The highest BCUT2D eigenvalue weighted by atomic mass is 32.2. The molecule has 2 aromatic heterocycles. The molecule has 0 bridgehead atoms. The van der Waals surface area contributed by atoms with Crippen molar-refractivity contribution in [2.75, 3.05) is 55.7 Å². The Bertz CT molecular complexity index is 1150. The predicted octanol–water partition coefficient (Wildman–Crippen LogP) is 2.86. The van der Waals surface area contributed by atoms with Gasteiger partial charge >= 0.3 is 0 Å². The number of piperazine rings is 1. The van der Waals surface area contributed by atoms with E-state index in [2.05, 4.69) is 32.1 Å². The third kappa shape index (κ3) is 4.76. The minimum absolute atomic E-state index is 0.469. The zero-order chi connectivity index (χ0) is 21.9. The first kappa shape index (κ1) is 20.5. The Morgan fingerprint density at radius 2 is 1.94 bits per heavy atom. The third-order valence-electron chi connectivity index (χ3n) is 5.26. The maximum Gasteiger partial charge on any atom is 0.234 e. The molecule has 0 spiro atoms. The second-order valence-corrected chi connectivity index (χ2v) is 8.72. The van der Waals surface area contributed by atoms with E-state index in [4.69, 9.17) is 20.1 Å². The van der Waals surface area contributed by atoms with Gasteiger partial charge in [-0.3, -0.25) is 4.99 Å².